The van der Waals surface area contributed by atoms with Crippen LogP contribution in [0.3, 0.4) is 0 Å². The lowest BCUT2D eigenvalue weighted by Gasteiger charge is -2.11. The minimum absolute atomic E-state index is 0.508. The van der Waals surface area contributed by atoms with Crippen LogP contribution >= 0.6 is 27.7 Å². The van der Waals surface area contributed by atoms with E-state index in [1.165, 1.54) is 20.5 Å². The molecule has 20 heavy (non-hydrogen) atoms. The number of rotatable bonds is 6. The van der Waals surface area contributed by atoms with E-state index in [1.807, 2.05) is 11.8 Å². The Kier molecular flexibility index (Phi) is 6.14. The van der Waals surface area contributed by atoms with E-state index in [9.17, 15) is 0 Å². The second kappa shape index (κ2) is 7.87. The van der Waals surface area contributed by atoms with Gasteiger partial charge >= 0.3 is 0 Å². The molecule has 0 unspecified atom stereocenters. The van der Waals surface area contributed by atoms with Gasteiger partial charge in [-0.15, -0.1) is 11.8 Å². The van der Waals surface area contributed by atoms with Crippen LogP contribution in [0.25, 0.3) is 0 Å². The summed E-state index contributed by atoms with van der Waals surface area (Å²) in [5.41, 5.74) is 2.67. The van der Waals surface area contributed by atoms with E-state index in [2.05, 4.69) is 83.6 Å². The summed E-state index contributed by atoms with van der Waals surface area (Å²) in [4.78, 5) is 1.30. The highest BCUT2D eigenvalue weighted by Gasteiger charge is 2.03. The average Bonchev–Trinajstić information content (AvgIpc) is 2.45. The average molecular weight is 350 g/mol. The Balaban J connectivity index is 1.95. The van der Waals surface area contributed by atoms with Crippen LogP contribution in [0, 0.1) is 0 Å². The number of halogens is 1. The quantitative estimate of drug-likeness (QED) is 0.715. The summed E-state index contributed by atoms with van der Waals surface area (Å²) in [5.74, 6) is 1.01. The van der Waals surface area contributed by atoms with Gasteiger partial charge in [-0.25, -0.2) is 0 Å². The molecule has 0 aliphatic carbocycles. The molecular weight excluding hydrogens is 330 g/mol. The molecule has 0 fully saturated rings. The van der Waals surface area contributed by atoms with Crippen LogP contribution in [0.5, 0.6) is 0 Å². The van der Waals surface area contributed by atoms with Crippen LogP contribution in [0.2, 0.25) is 0 Å². The normalized spacial score (nSPS) is 11.0. The SMILES string of the molecule is CC(C)NCc1ccc(SCc2ccccc2)cc1Br. The molecule has 0 heterocycles. The van der Waals surface area contributed by atoms with Gasteiger partial charge in [-0.1, -0.05) is 66.2 Å². The molecule has 106 valence electrons. The van der Waals surface area contributed by atoms with E-state index in [0.717, 1.165) is 12.3 Å². The largest absolute Gasteiger partial charge is 0.310 e. The molecule has 1 N–H and O–H groups in total. The van der Waals surface area contributed by atoms with E-state index < -0.39 is 0 Å². The maximum Gasteiger partial charge on any atom is 0.0231 e. The fraction of sp³-hybridized carbons (Fsp3) is 0.294. The van der Waals surface area contributed by atoms with Crippen LogP contribution in [-0.2, 0) is 12.3 Å². The first-order valence-corrected chi connectivity index (χ1v) is 8.61. The summed E-state index contributed by atoms with van der Waals surface area (Å²) >= 11 is 5.54. The van der Waals surface area contributed by atoms with Gasteiger partial charge in [0, 0.05) is 27.7 Å². The van der Waals surface area contributed by atoms with Crippen molar-refractivity contribution in [1.29, 1.82) is 0 Å². The fourth-order valence-electron chi connectivity index (χ4n) is 1.82. The molecule has 2 aromatic carbocycles. The Morgan fingerprint density at radius 2 is 1.85 bits per heavy atom. The molecule has 0 bridgehead atoms. The summed E-state index contributed by atoms with van der Waals surface area (Å²) in [6.45, 7) is 5.23. The van der Waals surface area contributed by atoms with Gasteiger partial charge in [0.2, 0.25) is 0 Å². The lowest BCUT2D eigenvalue weighted by Crippen LogP contribution is -2.21. The maximum absolute atomic E-state index is 3.67. The first-order chi connectivity index (χ1) is 9.65. The summed E-state index contributed by atoms with van der Waals surface area (Å²) < 4.78 is 1.18. The minimum Gasteiger partial charge on any atom is -0.310 e. The zero-order valence-electron chi connectivity index (χ0n) is 11.9. The number of benzene rings is 2. The monoisotopic (exact) mass is 349 g/mol. The second-order valence-electron chi connectivity index (χ2n) is 5.06. The fourth-order valence-corrected chi connectivity index (χ4v) is 3.38. The smallest absolute Gasteiger partial charge is 0.0231 e. The standard InChI is InChI=1S/C17H20BrNS/c1-13(2)19-11-15-8-9-16(10-17(15)18)20-12-14-6-4-3-5-7-14/h3-10,13,19H,11-12H2,1-2H3. The minimum atomic E-state index is 0.508. The van der Waals surface area contributed by atoms with Crippen LogP contribution in [0.1, 0.15) is 25.0 Å². The van der Waals surface area contributed by atoms with Gasteiger partial charge in [0.15, 0.2) is 0 Å². The van der Waals surface area contributed by atoms with Crippen molar-refractivity contribution in [3.63, 3.8) is 0 Å². The first kappa shape index (κ1) is 15.6. The van der Waals surface area contributed by atoms with E-state index in [1.54, 1.807) is 0 Å². The molecule has 0 amide bonds. The second-order valence-corrected chi connectivity index (χ2v) is 6.97. The maximum atomic E-state index is 3.67. The molecule has 0 aliphatic heterocycles. The molecule has 0 saturated heterocycles. The number of hydrogen-bond donors (Lipinski definition) is 1. The molecule has 1 nitrogen and oxygen atoms in total. The van der Waals surface area contributed by atoms with Crippen LogP contribution in [0.4, 0.5) is 0 Å². The van der Waals surface area contributed by atoms with Crippen molar-refractivity contribution >= 4 is 27.7 Å². The zero-order valence-corrected chi connectivity index (χ0v) is 14.3. The highest BCUT2D eigenvalue weighted by atomic mass is 79.9. The van der Waals surface area contributed by atoms with Crippen LogP contribution < -0.4 is 5.32 Å². The zero-order chi connectivity index (χ0) is 14.4. The van der Waals surface area contributed by atoms with Gasteiger partial charge in [-0.05, 0) is 23.3 Å². The molecule has 0 saturated carbocycles. The molecular formula is C17H20BrNS. The predicted molar refractivity (Wildman–Crippen MR) is 92.1 cm³/mol. The third-order valence-corrected chi connectivity index (χ3v) is 4.78. The summed E-state index contributed by atoms with van der Waals surface area (Å²) in [7, 11) is 0. The third-order valence-electron chi connectivity index (χ3n) is 2.97. The van der Waals surface area contributed by atoms with Gasteiger partial charge in [0.25, 0.3) is 0 Å². The van der Waals surface area contributed by atoms with Crippen molar-refractivity contribution < 1.29 is 0 Å². The van der Waals surface area contributed by atoms with E-state index in [4.69, 9.17) is 0 Å². The highest BCUT2D eigenvalue weighted by molar-refractivity contribution is 9.10. The molecule has 3 heteroatoms. The third kappa shape index (κ3) is 4.97. The Morgan fingerprint density at radius 1 is 1.10 bits per heavy atom. The highest BCUT2D eigenvalue weighted by Crippen LogP contribution is 2.27. The van der Waals surface area contributed by atoms with Gasteiger partial charge in [0.1, 0.15) is 0 Å². The van der Waals surface area contributed by atoms with Crippen molar-refractivity contribution in [3.8, 4) is 0 Å². The number of thioether (sulfide) groups is 1. The summed E-state index contributed by atoms with van der Waals surface area (Å²) in [5, 5.41) is 3.44. The molecule has 0 atom stereocenters. The van der Waals surface area contributed by atoms with Crippen molar-refractivity contribution in [1.82, 2.24) is 5.32 Å². The summed E-state index contributed by atoms with van der Waals surface area (Å²) in [6, 6.07) is 17.7. The molecule has 0 aliphatic rings. The van der Waals surface area contributed by atoms with E-state index >= 15 is 0 Å². The van der Waals surface area contributed by atoms with Crippen molar-refractivity contribution in [2.75, 3.05) is 0 Å². The van der Waals surface area contributed by atoms with E-state index in [0.29, 0.717) is 6.04 Å². The molecule has 0 aromatic heterocycles. The topological polar surface area (TPSA) is 12.0 Å². The van der Waals surface area contributed by atoms with Gasteiger partial charge in [-0.2, -0.15) is 0 Å². The Morgan fingerprint density at radius 3 is 2.50 bits per heavy atom. The Hall–Kier alpha value is -0.770. The first-order valence-electron chi connectivity index (χ1n) is 6.83. The predicted octanol–water partition coefficient (Wildman–Crippen LogP) is 5.24. The van der Waals surface area contributed by atoms with Crippen molar-refractivity contribution in [3.05, 3.63) is 64.1 Å². The van der Waals surface area contributed by atoms with Crippen LogP contribution in [-0.4, -0.2) is 6.04 Å². The molecule has 0 spiro atoms. The molecule has 2 aromatic rings. The van der Waals surface area contributed by atoms with Crippen molar-refractivity contribution in [2.24, 2.45) is 0 Å². The number of hydrogen-bond acceptors (Lipinski definition) is 2. The Bertz CT molecular complexity index is 540. The Labute approximate surface area is 134 Å². The van der Waals surface area contributed by atoms with Gasteiger partial charge < -0.3 is 5.32 Å². The van der Waals surface area contributed by atoms with Gasteiger partial charge in [-0.3, -0.25) is 0 Å². The van der Waals surface area contributed by atoms with Crippen molar-refractivity contribution in [2.45, 2.75) is 37.1 Å². The van der Waals surface area contributed by atoms with E-state index in [-0.39, 0.29) is 0 Å². The lowest BCUT2D eigenvalue weighted by molar-refractivity contribution is 0.587. The molecule has 0 radical (unpaired) electrons. The summed E-state index contributed by atoms with van der Waals surface area (Å²) in [6.07, 6.45) is 0. The lowest BCUT2D eigenvalue weighted by atomic mass is 10.2. The van der Waals surface area contributed by atoms with Gasteiger partial charge in [0.05, 0.1) is 0 Å². The number of nitrogens with one attached hydrogen (secondary N) is 1. The van der Waals surface area contributed by atoms with Crippen LogP contribution in [0.15, 0.2) is 57.9 Å². The molecule has 2 rings (SSSR count).